The van der Waals surface area contributed by atoms with Crippen LogP contribution in [0.25, 0.3) is 0 Å². The fourth-order valence-electron chi connectivity index (χ4n) is 2.94. The number of nitrogens with zero attached hydrogens (tertiary/aromatic N) is 1. The van der Waals surface area contributed by atoms with Crippen LogP contribution in [0.4, 0.5) is 4.79 Å². The fraction of sp³-hybridized carbons (Fsp3) is 0.412. The van der Waals surface area contributed by atoms with Crippen molar-refractivity contribution in [1.29, 1.82) is 0 Å². The van der Waals surface area contributed by atoms with E-state index in [0.717, 1.165) is 12.8 Å². The molecular formula is C17H18Cl2N2O3. The average molecular weight is 369 g/mol. The molecule has 7 heteroatoms. The van der Waals surface area contributed by atoms with Crippen LogP contribution in [0, 0.1) is 0 Å². The molecule has 1 heterocycles. The van der Waals surface area contributed by atoms with E-state index < -0.39 is 12.0 Å². The number of urea groups is 1. The SMILES string of the molecule is CCOC(=O)C1=C(C)N(C2CC2)C(=O)N[C@H]1c1ccc(Cl)c(Cl)c1. The second kappa shape index (κ2) is 6.65. The van der Waals surface area contributed by atoms with Crippen molar-refractivity contribution in [1.82, 2.24) is 10.2 Å². The Morgan fingerprint density at radius 2 is 2.04 bits per heavy atom. The monoisotopic (exact) mass is 368 g/mol. The first-order valence-corrected chi connectivity index (χ1v) is 8.62. The van der Waals surface area contributed by atoms with E-state index in [1.54, 1.807) is 36.9 Å². The smallest absolute Gasteiger partial charge is 0.338 e. The summed E-state index contributed by atoms with van der Waals surface area (Å²) in [6, 6.07) is 4.40. The molecule has 0 radical (unpaired) electrons. The number of rotatable bonds is 4. The molecule has 3 rings (SSSR count). The number of nitrogens with one attached hydrogen (secondary N) is 1. The van der Waals surface area contributed by atoms with Gasteiger partial charge in [0.05, 0.1) is 28.3 Å². The van der Waals surface area contributed by atoms with Crippen LogP contribution in [-0.4, -0.2) is 29.5 Å². The van der Waals surface area contributed by atoms with Gasteiger partial charge in [-0.3, -0.25) is 4.90 Å². The Morgan fingerprint density at radius 3 is 2.62 bits per heavy atom. The molecule has 1 aliphatic carbocycles. The lowest BCUT2D eigenvalue weighted by Gasteiger charge is -2.35. The maximum Gasteiger partial charge on any atom is 0.338 e. The van der Waals surface area contributed by atoms with Crippen molar-refractivity contribution in [2.24, 2.45) is 0 Å². The van der Waals surface area contributed by atoms with E-state index in [4.69, 9.17) is 27.9 Å². The largest absolute Gasteiger partial charge is 0.463 e. The number of halogens is 2. The number of hydrogen-bond acceptors (Lipinski definition) is 3. The third-order valence-corrected chi connectivity index (χ3v) is 4.95. The van der Waals surface area contributed by atoms with Crippen molar-refractivity contribution < 1.29 is 14.3 Å². The number of esters is 1. The first kappa shape index (κ1) is 17.1. The lowest BCUT2D eigenvalue weighted by Crippen LogP contribution is -2.48. The molecule has 0 saturated heterocycles. The highest BCUT2D eigenvalue weighted by atomic mass is 35.5. The van der Waals surface area contributed by atoms with Gasteiger partial charge < -0.3 is 10.1 Å². The minimum Gasteiger partial charge on any atom is -0.463 e. The summed E-state index contributed by atoms with van der Waals surface area (Å²) < 4.78 is 5.21. The maximum absolute atomic E-state index is 12.5. The molecule has 0 bridgehead atoms. The quantitative estimate of drug-likeness (QED) is 0.815. The molecule has 1 aromatic rings. The van der Waals surface area contributed by atoms with Gasteiger partial charge in [-0.2, -0.15) is 0 Å². The highest BCUT2D eigenvalue weighted by Crippen LogP contribution is 2.38. The second-order valence-corrected chi connectivity index (χ2v) is 6.69. The van der Waals surface area contributed by atoms with E-state index in [2.05, 4.69) is 5.32 Å². The Kier molecular flexibility index (Phi) is 4.74. The van der Waals surface area contributed by atoms with Gasteiger partial charge >= 0.3 is 12.0 Å². The van der Waals surface area contributed by atoms with Gasteiger partial charge in [0, 0.05) is 11.7 Å². The predicted molar refractivity (Wildman–Crippen MR) is 91.9 cm³/mol. The van der Waals surface area contributed by atoms with Crippen molar-refractivity contribution >= 4 is 35.2 Å². The summed E-state index contributed by atoms with van der Waals surface area (Å²) in [4.78, 5) is 26.7. The molecule has 1 N–H and O–H groups in total. The summed E-state index contributed by atoms with van der Waals surface area (Å²) in [5, 5.41) is 3.68. The number of allylic oxidation sites excluding steroid dienone is 1. The maximum atomic E-state index is 12.5. The number of benzene rings is 1. The molecule has 128 valence electrons. The third kappa shape index (κ3) is 3.10. The summed E-state index contributed by atoms with van der Waals surface area (Å²) in [5.41, 5.74) is 1.76. The average Bonchev–Trinajstić information content (AvgIpc) is 3.34. The van der Waals surface area contributed by atoms with Crippen LogP contribution in [0.1, 0.15) is 38.3 Å². The van der Waals surface area contributed by atoms with Crippen molar-refractivity contribution in [3.05, 3.63) is 45.1 Å². The van der Waals surface area contributed by atoms with Crippen molar-refractivity contribution in [3.63, 3.8) is 0 Å². The van der Waals surface area contributed by atoms with E-state index in [1.807, 2.05) is 0 Å². The molecule has 2 aliphatic rings. The molecule has 0 spiro atoms. The zero-order valence-corrected chi connectivity index (χ0v) is 14.9. The topological polar surface area (TPSA) is 58.6 Å². The molecular weight excluding hydrogens is 351 g/mol. The van der Waals surface area contributed by atoms with Gasteiger partial charge in [-0.1, -0.05) is 29.3 Å². The number of carbonyl (C=O) groups is 2. The Hall–Kier alpha value is -1.72. The molecule has 0 aromatic heterocycles. The Bertz CT molecular complexity index is 729. The van der Waals surface area contributed by atoms with Crippen LogP contribution >= 0.6 is 23.2 Å². The molecule has 1 aliphatic heterocycles. The van der Waals surface area contributed by atoms with Crippen molar-refractivity contribution in [3.8, 4) is 0 Å². The first-order valence-electron chi connectivity index (χ1n) is 7.86. The Labute approximate surface area is 150 Å². The molecule has 1 fully saturated rings. The van der Waals surface area contributed by atoms with E-state index in [9.17, 15) is 9.59 Å². The summed E-state index contributed by atoms with van der Waals surface area (Å²) in [6.07, 6.45) is 1.89. The summed E-state index contributed by atoms with van der Waals surface area (Å²) in [5.74, 6) is -0.434. The van der Waals surface area contributed by atoms with Gasteiger partial charge in [0.15, 0.2) is 0 Å². The predicted octanol–water partition coefficient (Wildman–Crippen LogP) is 4.06. The van der Waals surface area contributed by atoms with Gasteiger partial charge in [0.25, 0.3) is 0 Å². The van der Waals surface area contributed by atoms with E-state index in [-0.39, 0.29) is 18.7 Å². The molecule has 24 heavy (non-hydrogen) atoms. The lowest BCUT2D eigenvalue weighted by atomic mass is 9.95. The minimum atomic E-state index is -0.610. The third-order valence-electron chi connectivity index (χ3n) is 4.21. The highest BCUT2D eigenvalue weighted by Gasteiger charge is 2.42. The van der Waals surface area contributed by atoms with Crippen LogP contribution in [0.2, 0.25) is 10.0 Å². The molecule has 2 amide bonds. The standard InChI is InChI=1S/C17H18Cl2N2O3/c1-3-24-16(22)14-9(2)21(11-5-6-11)17(23)20-15(14)10-4-7-12(18)13(19)8-10/h4,7-8,11,15H,3,5-6H2,1-2H3,(H,20,23)/t15-/m0/s1. The Morgan fingerprint density at radius 1 is 1.33 bits per heavy atom. The number of carbonyl (C=O) groups excluding carboxylic acids is 2. The number of hydrogen-bond donors (Lipinski definition) is 1. The van der Waals surface area contributed by atoms with Gasteiger partial charge in [0.1, 0.15) is 0 Å². The minimum absolute atomic E-state index is 0.157. The molecule has 0 unspecified atom stereocenters. The van der Waals surface area contributed by atoms with E-state index in [0.29, 0.717) is 26.9 Å². The van der Waals surface area contributed by atoms with Crippen LogP contribution in [0.3, 0.4) is 0 Å². The fourth-order valence-corrected chi connectivity index (χ4v) is 3.25. The Balaban J connectivity index is 2.07. The first-order chi connectivity index (χ1) is 11.4. The van der Waals surface area contributed by atoms with E-state index in [1.165, 1.54) is 0 Å². The number of ether oxygens (including phenoxy) is 1. The van der Waals surface area contributed by atoms with Crippen molar-refractivity contribution in [2.45, 2.75) is 38.8 Å². The molecule has 1 atom stereocenters. The van der Waals surface area contributed by atoms with Gasteiger partial charge in [-0.15, -0.1) is 0 Å². The lowest BCUT2D eigenvalue weighted by molar-refractivity contribution is -0.139. The zero-order chi connectivity index (χ0) is 17.4. The van der Waals surface area contributed by atoms with Gasteiger partial charge in [-0.05, 0) is 44.4 Å². The second-order valence-electron chi connectivity index (χ2n) is 5.88. The normalized spacial score (nSPS) is 20.9. The summed E-state index contributed by atoms with van der Waals surface area (Å²) >= 11 is 12.1. The highest BCUT2D eigenvalue weighted by molar-refractivity contribution is 6.42. The molecule has 1 aromatic carbocycles. The van der Waals surface area contributed by atoms with Gasteiger partial charge in [0.2, 0.25) is 0 Å². The molecule has 1 saturated carbocycles. The van der Waals surface area contributed by atoms with Crippen molar-refractivity contribution in [2.75, 3.05) is 6.61 Å². The molecule has 5 nitrogen and oxygen atoms in total. The summed E-state index contributed by atoms with van der Waals surface area (Å²) in [7, 11) is 0. The number of amides is 2. The van der Waals surface area contributed by atoms with Crippen LogP contribution in [-0.2, 0) is 9.53 Å². The van der Waals surface area contributed by atoms with Gasteiger partial charge in [-0.25, -0.2) is 9.59 Å². The van der Waals surface area contributed by atoms with Crippen LogP contribution < -0.4 is 5.32 Å². The van der Waals surface area contributed by atoms with Crippen LogP contribution in [0.5, 0.6) is 0 Å². The summed E-state index contributed by atoms with van der Waals surface area (Å²) in [6.45, 7) is 3.80. The van der Waals surface area contributed by atoms with Crippen LogP contribution in [0.15, 0.2) is 29.5 Å². The van der Waals surface area contributed by atoms with E-state index >= 15 is 0 Å². The zero-order valence-electron chi connectivity index (χ0n) is 13.4.